The highest BCUT2D eigenvalue weighted by atomic mass is 16.6. The summed E-state index contributed by atoms with van der Waals surface area (Å²) in [6, 6.07) is 0. The second kappa shape index (κ2) is 56.4. The van der Waals surface area contributed by atoms with Crippen LogP contribution in [0.3, 0.4) is 0 Å². The third-order valence-corrected chi connectivity index (χ3v) is 12.6. The molecule has 0 radical (unpaired) electrons. The zero-order valence-electron chi connectivity index (χ0n) is 44.9. The van der Waals surface area contributed by atoms with Crippen LogP contribution in [0.2, 0.25) is 0 Å². The minimum atomic E-state index is -0.791. The van der Waals surface area contributed by atoms with Crippen molar-refractivity contribution in [2.75, 3.05) is 13.2 Å². The van der Waals surface area contributed by atoms with E-state index in [1.54, 1.807) is 0 Å². The molecule has 0 aliphatic rings. The van der Waals surface area contributed by atoms with Crippen LogP contribution in [0.25, 0.3) is 0 Å². The fourth-order valence-electron chi connectivity index (χ4n) is 8.30. The van der Waals surface area contributed by atoms with Crippen molar-refractivity contribution >= 4 is 17.9 Å². The first-order chi connectivity index (χ1) is 33.5. The molecule has 6 nitrogen and oxygen atoms in total. The summed E-state index contributed by atoms with van der Waals surface area (Å²) in [6.07, 6.45) is 71.7. The van der Waals surface area contributed by atoms with Crippen LogP contribution >= 0.6 is 0 Å². The first-order valence-electron chi connectivity index (χ1n) is 29.0. The third-order valence-electron chi connectivity index (χ3n) is 12.6. The number of unbranched alkanes of at least 4 members (excludes halogenated alkanes) is 34. The summed E-state index contributed by atoms with van der Waals surface area (Å²) in [6.45, 7) is 6.49. The molecule has 0 fully saturated rings. The summed E-state index contributed by atoms with van der Waals surface area (Å²) >= 11 is 0. The van der Waals surface area contributed by atoms with Crippen LogP contribution in [0.15, 0.2) is 72.9 Å². The Kier molecular flexibility index (Phi) is 53.8. The maximum Gasteiger partial charge on any atom is 0.306 e. The molecule has 0 aliphatic carbocycles. The summed E-state index contributed by atoms with van der Waals surface area (Å²) in [7, 11) is 0. The predicted molar refractivity (Wildman–Crippen MR) is 293 cm³/mol. The molecule has 0 aromatic rings. The van der Waals surface area contributed by atoms with Gasteiger partial charge in [0.25, 0.3) is 0 Å². The van der Waals surface area contributed by atoms with Gasteiger partial charge < -0.3 is 14.2 Å². The van der Waals surface area contributed by atoms with Gasteiger partial charge in [-0.15, -0.1) is 0 Å². The molecule has 0 saturated carbocycles. The normalized spacial score (nSPS) is 12.6. The first kappa shape index (κ1) is 64.8. The van der Waals surface area contributed by atoms with Crippen molar-refractivity contribution < 1.29 is 28.6 Å². The van der Waals surface area contributed by atoms with Crippen LogP contribution in [-0.4, -0.2) is 37.2 Å². The lowest BCUT2D eigenvalue weighted by Gasteiger charge is -2.18. The lowest BCUT2D eigenvalue weighted by molar-refractivity contribution is -0.167. The number of esters is 3. The Bertz CT molecular complexity index is 1270. The van der Waals surface area contributed by atoms with E-state index in [9.17, 15) is 14.4 Å². The Morgan fingerprint density at radius 3 is 0.897 bits per heavy atom. The Morgan fingerprint density at radius 2 is 0.574 bits per heavy atom. The molecule has 0 spiro atoms. The largest absolute Gasteiger partial charge is 0.462 e. The van der Waals surface area contributed by atoms with Gasteiger partial charge in [0, 0.05) is 19.3 Å². The van der Waals surface area contributed by atoms with E-state index in [0.29, 0.717) is 19.3 Å². The summed E-state index contributed by atoms with van der Waals surface area (Å²) < 4.78 is 16.9. The number of rotatable bonds is 52. The fourth-order valence-corrected chi connectivity index (χ4v) is 8.30. The minimum absolute atomic E-state index is 0.0860. The summed E-state index contributed by atoms with van der Waals surface area (Å²) in [5, 5.41) is 0. The molecule has 68 heavy (non-hydrogen) atoms. The van der Waals surface area contributed by atoms with Crippen LogP contribution in [0.5, 0.6) is 0 Å². The fraction of sp³-hybridized carbons (Fsp3) is 0.758. The Hall–Kier alpha value is -3.15. The van der Waals surface area contributed by atoms with Crippen molar-refractivity contribution in [2.45, 2.75) is 290 Å². The maximum absolute atomic E-state index is 12.9. The van der Waals surface area contributed by atoms with Crippen LogP contribution in [0.4, 0.5) is 0 Å². The number of ether oxygens (including phenoxy) is 3. The van der Waals surface area contributed by atoms with Gasteiger partial charge in [0.15, 0.2) is 6.10 Å². The van der Waals surface area contributed by atoms with Crippen molar-refractivity contribution in [3.05, 3.63) is 72.9 Å². The van der Waals surface area contributed by atoms with E-state index >= 15 is 0 Å². The van der Waals surface area contributed by atoms with Crippen molar-refractivity contribution in [3.63, 3.8) is 0 Å². The first-order valence-corrected chi connectivity index (χ1v) is 29.0. The molecule has 0 aromatic carbocycles. The molecule has 0 rings (SSSR count). The van der Waals surface area contributed by atoms with Crippen LogP contribution in [0, 0.1) is 0 Å². The van der Waals surface area contributed by atoms with Crippen molar-refractivity contribution in [1.82, 2.24) is 0 Å². The third kappa shape index (κ3) is 53.8. The van der Waals surface area contributed by atoms with Gasteiger partial charge in [0.2, 0.25) is 0 Å². The highest BCUT2D eigenvalue weighted by Gasteiger charge is 2.19. The lowest BCUT2D eigenvalue weighted by atomic mass is 10.0. The highest BCUT2D eigenvalue weighted by Crippen LogP contribution is 2.17. The van der Waals surface area contributed by atoms with Crippen molar-refractivity contribution in [1.29, 1.82) is 0 Å². The van der Waals surface area contributed by atoms with Gasteiger partial charge in [-0.2, -0.15) is 0 Å². The molecule has 0 aliphatic heterocycles. The maximum atomic E-state index is 12.9. The molecular formula is C62H108O6. The summed E-state index contributed by atoms with van der Waals surface area (Å²) in [5.74, 6) is -0.917. The zero-order chi connectivity index (χ0) is 49.3. The quantitative estimate of drug-likeness (QED) is 0.0262. The molecule has 0 heterocycles. The number of carbonyl (C=O) groups excluding carboxylic acids is 3. The van der Waals surface area contributed by atoms with E-state index in [4.69, 9.17) is 14.2 Å². The molecule has 0 amide bonds. The van der Waals surface area contributed by atoms with Gasteiger partial charge >= 0.3 is 17.9 Å². The van der Waals surface area contributed by atoms with E-state index < -0.39 is 6.10 Å². The second-order valence-electron chi connectivity index (χ2n) is 19.3. The smallest absolute Gasteiger partial charge is 0.306 e. The molecule has 0 N–H and O–H groups in total. The van der Waals surface area contributed by atoms with Crippen LogP contribution < -0.4 is 0 Å². The van der Waals surface area contributed by atoms with Gasteiger partial charge in [-0.1, -0.05) is 299 Å². The number of hydrogen-bond donors (Lipinski definition) is 0. The average Bonchev–Trinajstić information content (AvgIpc) is 3.34. The average molecular weight is 950 g/mol. The highest BCUT2D eigenvalue weighted by molar-refractivity contribution is 5.71. The van der Waals surface area contributed by atoms with Gasteiger partial charge in [0.05, 0.1) is 0 Å². The molecule has 392 valence electrons. The molecular weight excluding hydrogens is 841 g/mol. The predicted octanol–water partition coefficient (Wildman–Crippen LogP) is 19.4. The standard InChI is InChI=1S/C62H108O6/c1-4-7-10-13-16-19-22-25-28-31-34-37-40-43-46-49-52-55-61(64)67-58-59(57-66-60(63)54-51-48-45-42-39-36-33-30-27-24-21-18-15-12-9-6-3)68-62(65)56-53-50-47-44-41-38-35-32-29-26-23-20-17-14-11-8-5-2/h7,10,13,16,19,22,25,28,31,34,37,40,59H,4-6,8-9,11-12,14-15,17-18,20-21,23-24,26-27,29-30,32-33,35-36,38-39,41-58H2,1-3H3/b10-7-,16-13-,22-19-,28-25-,34-31+,40-37-. The summed E-state index contributed by atoms with van der Waals surface area (Å²) in [5.41, 5.74) is 0. The van der Waals surface area contributed by atoms with E-state index in [1.165, 1.54) is 173 Å². The van der Waals surface area contributed by atoms with E-state index in [2.05, 4.69) is 32.9 Å². The van der Waals surface area contributed by atoms with Gasteiger partial charge in [0.1, 0.15) is 13.2 Å². The Labute approximate surface area is 421 Å². The topological polar surface area (TPSA) is 78.9 Å². The van der Waals surface area contributed by atoms with Crippen molar-refractivity contribution in [2.24, 2.45) is 0 Å². The molecule has 0 aromatic heterocycles. The van der Waals surface area contributed by atoms with Gasteiger partial charge in [-0.25, -0.2) is 0 Å². The molecule has 0 saturated heterocycles. The number of hydrogen-bond acceptors (Lipinski definition) is 6. The monoisotopic (exact) mass is 949 g/mol. The van der Waals surface area contributed by atoms with E-state index in [0.717, 1.165) is 70.6 Å². The number of allylic oxidation sites excluding steroid dienone is 12. The van der Waals surface area contributed by atoms with Crippen LogP contribution in [0.1, 0.15) is 284 Å². The molecule has 0 bridgehead atoms. The van der Waals surface area contributed by atoms with Gasteiger partial charge in [-0.05, 0) is 38.5 Å². The van der Waals surface area contributed by atoms with Crippen molar-refractivity contribution in [3.8, 4) is 0 Å². The molecule has 1 unspecified atom stereocenters. The van der Waals surface area contributed by atoms with Crippen LogP contribution in [-0.2, 0) is 28.6 Å². The SMILES string of the molecule is CC\C=C/C=C\C=C/C=C\C=C\C=C/CCCCCC(=O)OCC(COC(=O)CCCCCCCCCCCCCCCCCC)OC(=O)CCCCCCCCCCCCCCCCCCC. The zero-order valence-corrected chi connectivity index (χ0v) is 44.9. The lowest BCUT2D eigenvalue weighted by Crippen LogP contribution is -2.30. The molecule has 6 heteroatoms. The minimum Gasteiger partial charge on any atom is -0.462 e. The van der Waals surface area contributed by atoms with Gasteiger partial charge in [-0.3, -0.25) is 14.4 Å². The van der Waals surface area contributed by atoms with E-state index in [1.807, 2.05) is 60.8 Å². The molecule has 1 atom stereocenters. The summed E-state index contributed by atoms with van der Waals surface area (Å²) in [4.78, 5) is 38.2. The Balaban J connectivity index is 4.43. The Morgan fingerprint density at radius 1 is 0.309 bits per heavy atom. The second-order valence-corrected chi connectivity index (χ2v) is 19.3. The number of carbonyl (C=O) groups is 3. The van der Waals surface area contributed by atoms with E-state index in [-0.39, 0.29) is 31.1 Å².